The molecular weight excluding hydrogens is 439 g/mol. The third kappa shape index (κ3) is 5.09. The van der Waals surface area contributed by atoms with Crippen LogP contribution < -0.4 is 10.6 Å². The Hall–Kier alpha value is -3.59. The van der Waals surface area contributed by atoms with Crippen LogP contribution in [0.25, 0.3) is 22.2 Å². The zero-order valence-electron chi connectivity index (χ0n) is 18.6. The third-order valence-corrected chi connectivity index (χ3v) is 5.33. The molecular formula is C24H25FN6OS. The van der Waals surface area contributed by atoms with E-state index in [2.05, 4.69) is 30.6 Å². The topological polar surface area (TPSA) is 92.7 Å². The molecule has 0 saturated carbocycles. The fourth-order valence-electron chi connectivity index (χ4n) is 3.57. The average molecular weight is 465 g/mol. The monoisotopic (exact) mass is 464 g/mol. The second kappa shape index (κ2) is 10.4. The molecule has 7 nitrogen and oxygen atoms in total. The number of nitrogens with zero attached hydrogens (tertiary/aromatic N) is 4. The smallest absolute Gasteiger partial charge is 0.254 e. The molecule has 4 rings (SSSR count). The molecule has 0 bridgehead atoms. The van der Waals surface area contributed by atoms with Gasteiger partial charge in [-0.2, -0.15) is 13.5 Å². The highest BCUT2D eigenvalue weighted by molar-refractivity contribution is 7.59. The van der Waals surface area contributed by atoms with Gasteiger partial charge in [0.1, 0.15) is 12.1 Å². The molecule has 0 fully saturated rings. The number of fused-ring (bicyclic) bond motifs is 1. The summed E-state index contributed by atoms with van der Waals surface area (Å²) in [5.74, 6) is -0.405. The normalized spacial score (nSPS) is 11.5. The molecule has 2 N–H and O–H groups in total. The molecule has 3 heterocycles. The summed E-state index contributed by atoms with van der Waals surface area (Å²) >= 11 is 0. The molecule has 33 heavy (non-hydrogen) atoms. The number of aromatic nitrogens is 4. The molecule has 0 radical (unpaired) electrons. The summed E-state index contributed by atoms with van der Waals surface area (Å²) in [7, 11) is 1.48. The predicted octanol–water partition coefficient (Wildman–Crippen LogP) is 4.22. The molecule has 4 aromatic rings. The summed E-state index contributed by atoms with van der Waals surface area (Å²) in [5.41, 5.74) is 4.16. The van der Waals surface area contributed by atoms with Crippen molar-refractivity contribution in [2.45, 2.75) is 19.8 Å². The van der Waals surface area contributed by atoms with Gasteiger partial charge in [-0.1, -0.05) is 25.1 Å². The minimum Gasteiger partial charge on any atom is -0.369 e. The lowest BCUT2D eigenvalue weighted by atomic mass is 9.96. The van der Waals surface area contributed by atoms with Crippen LogP contribution in [-0.4, -0.2) is 39.4 Å². The lowest BCUT2D eigenvalue weighted by Crippen LogP contribution is -2.20. The van der Waals surface area contributed by atoms with Gasteiger partial charge >= 0.3 is 0 Å². The van der Waals surface area contributed by atoms with E-state index in [0.717, 1.165) is 28.7 Å². The molecule has 1 amide bonds. The maximum absolute atomic E-state index is 14.3. The minimum absolute atomic E-state index is 0. The number of carbonyl (C=O) groups excluding carboxylic acids is 1. The van der Waals surface area contributed by atoms with Gasteiger partial charge in [0.25, 0.3) is 5.91 Å². The fraction of sp³-hybridized carbons (Fsp3) is 0.208. The molecule has 0 aliphatic heterocycles. The Bertz CT molecular complexity index is 1280. The first-order chi connectivity index (χ1) is 15.5. The lowest BCUT2D eigenvalue weighted by Gasteiger charge is -2.17. The van der Waals surface area contributed by atoms with Gasteiger partial charge in [-0.3, -0.25) is 14.8 Å². The van der Waals surface area contributed by atoms with Gasteiger partial charge in [0.05, 0.1) is 23.0 Å². The van der Waals surface area contributed by atoms with Crippen molar-refractivity contribution in [1.29, 1.82) is 0 Å². The number of pyridine rings is 2. The van der Waals surface area contributed by atoms with Gasteiger partial charge in [-0.15, -0.1) is 0 Å². The van der Waals surface area contributed by atoms with Gasteiger partial charge in [0, 0.05) is 48.4 Å². The number of halogens is 1. The molecule has 0 saturated heterocycles. The number of nitrogens with one attached hydrogen (secondary N) is 2. The van der Waals surface area contributed by atoms with E-state index in [4.69, 9.17) is 0 Å². The van der Waals surface area contributed by atoms with E-state index in [9.17, 15) is 9.18 Å². The Labute approximate surface area is 198 Å². The highest BCUT2D eigenvalue weighted by Gasteiger charge is 2.19. The van der Waals surface area contributed by atoms with Gasteiger partial charge in [0.2, 0.25) is 0 Å². The Morgan fingerprint density at radius 2 is 1.91 bits per heavy atom. The maximum Gasteiger partial charge on any atom is 0.254 e. The Morgan fingerprint density at radius 1 is 1.09 bits per heavy atom. The molecule has 170 valence electrons. The zero-order valence-corrected chi connectivity index (χ0v) is 19.6. The summed E-state index contributed by atoms with van der Waals surface area (Å²) in [4.78, 5) is 29.4. The molecule has 1 atom stereocenters. The van der Waals surface area contributed by atoms with Crippen molar-refractivity contribution in [3.05, 3.63) is 77.8 Å². The standard InChI is InChI=1S/C24H23FN6O.H2S/c1-14(10-28-21-9-20(30-13-31-21)16-8-7-15(2)27-11-16)17-5-4-6-18-22(24(32)26-3)19(25)12-29-23(17)18;/h4-9,11-14H,10H2,1-3H3,(H,26,32)(H,28,30,31);1H2/t14-;/m1./s1. The van der Waals surface area contributed by atoms with Gasteiger partial charge in [-0.25, -0.2) is 14.4 Å². The highest BCUT2D eigenvalue weighted by Crippen LogP contribution is 2.28. The summed E-state index contributed by atoms with van der Waals surface area (Å²) in [6.45, 7) is 4.54. The zero-order chi connectivity index (χ0) is 22.7. The van der Waals surface area contributed by atoms with Crippen LogP contribution in [0.5, 0.6) is 0 Å². The number of para-hydroxylation sites is 1. The summed E-state index contributed by atoms with van der Waals surface area (Å²) < 4.78 is 14.3. The van der Waals surface area contributed by atoms with Crippen molar-refractivity contribution in [1.82, 2.24) is 25.3 Å². The lowest BCUT2D eigenvalue weighted by molar-refractivity contribution is 0.0960. The number of carbonyl (C=O) groups is 1. The second-order valence-electron chi connectivity index (χ2n) is 7.56. The summed E-state index contributed by atoms with van der Waals surface area (Å²) in [6, 6.07) is 11.3. The molecule has 0 unspecified atom stereocenters. The van der Waals surface area contributed by atoms with Crippen molar-refractivity contribution in [2.75, 3.05) is 18.9 Å². The van der Waals surface area contributed by atoms with Crippen LogP contribution in [-0.2, 0) is 0 Å². The first-order valence-corrected chi connectivity index (χ1v) is 10.3. The number of rotatable bonds is 6. The van der Waals surface area contributed by atoms with E-state index in [0.29, 0.717) is 23.3 Å². The van der Waals surface area contributed by atoms with Crippen LogP contribution in [0.1, 0.15) is 34.5 Å². The first-order valence-electron chi connectivity index (χ1n) is 10.3. The van der Waals surface area contributed by atoms with E-state index in [1.54, 1.807) is 12.3 Å². The van der Waals surface area contributed by atoms with Gasteiger partial charge in [0.15, 0.2) is 5.82 Å². The van der Waals surface area contributed by atoms with Crippen molar-refractivity contribution in [3.63, 3.8) is 0 Å². The summed E-state index contributed by atoms with van der Waals surface area (Å²) in [6.07, 6.45) is 4.40. The Kier molecular flexibility index (Phi) is 7.55. The maximum atomic E-state index is 14.3. The quantitative estimate of drug-likeness (QED) is 0.444. The van der Waals surface area contributed by atoms with Crippen molar-refractivity contribution in [2.24, 2.45) is 0 Å². The van der Waals surface area contributed by atoms with E-state index in [-0.39, 0.29) is 25.0 Å². The SMILES string of the molecule is CNC(=O)c1c(F)cnc2c([C@H](C)CNc3cc(-c4ccc(C)nc4)ncn3)cccc12.S. The Balaban J connectivity index is 0.00000306. The molecule has 9 heteroatoms. The van der Waals surface area contributed by atoms with Gasteiger partial charge < -0.3 is 10.6 Å². The number of hydrogen-bond donors (Lipinski definition) is 2. The fourth-order valence-corrected chi connectivity index (χ4v) is 3.57. The van der Waals surface area contributed by atoms with Crippen LogP contribution in [0, 0.1) is 12.7 Å². The predicted molar refractivity (Wildman–Crippen MR) is 132 cm³/mol. The largest absolute Gasteiger partial charge is 0.369 e. The first kappa shape index (κ1) is 24.1. The van der Waals surface area contributed by atoms with E-state index in [1.165, 1.54) is 13.4 Å². The van der Waals surface area contributed by atoms with E-state index < -0.39 is 11.7 Å². The van der Waals surface area contributed by atoms with E-state index >= 15 is 0 Å². The number of aryl methyl sites for hydroxylation is 1. The van der Waals surface area contributed by atoms with Crippen molar-refractivity contribution >= 4 is 36.1 Å². The average Bonchev–Trinajstić information content (AvgIpc) is 2.82. The van der Waals surface area contributed by atoms with Crippen molar-refractivity contribution in [3.8, 4) is 11.3 Å². The van der Waals surface area contributed by atoms with Crippen LogP contribution in [0.4, 0.5) is 10.2 Å². The van der Waals surface area contributed by atoms with Crippen LogP contribution in [0.15, 0.2) is 55.1 Å². The highest BCUT2D eigenvalue weighted by atomic mass is 32.1. The van der Waals surface area contributed by atoms with E-state index in [1.807, 2.05) is 44.2 Å². The van der Waals surface area contributed by atoms with Crippen LogP contribution >= 0.6 is 13.5 Å². The molecule has 3 aromatic heterocycles. The van der Waals surface area contributed by atoms with Crippen molar-refractivity contribution < 1.29 is 9.18 Å². The van der Waals surface area contributed by atoms with Crippen LogP contribution in [0.2, 0.25) is 0 Å². The summed E-state index contributed by atoms with van der Waals surface area (Å²) in [5, 5.41) is 6.32. The minimum atomic E-state index is -0.640. The third-order valence-electron chi connectivity index (χ3n) is 5.33. The molecule has 1 aromatic carbocycles. The second-order valence-corrected chi connectivity index (χ2v) is 7.56. The number of benzene rings is 1. The number of hydrogen-bond acceptors (Lipinski definition) is 6. The van der Waals surface area contributed by atoms with Crippen LogP contribution in [0.3, 0.4) is 0 Å². The number of amides is 1. The molecule has 0 spiro atoms. The molecule has 0 aliphatic carbocycles. The Morgan fingerprint density at radius 3 is 2.64 bits per heavy atom. The molecule has 0 aliphatic rings. The van der Waals surface area contributed by atoms with Gasteiger partial charge in [-0.05, 0) is 24.6 Å². The number of anilines is 1.